The first-order chi connectivity index (χ1) is 20.0. The SMILES string of the molecule is CCCCCCc1ccc(C(=O)N2CCC3(CC2)C(=O)N(CC(=O)NCC2CCCO2)CN3c2ccccc2)cc1. The lowest BCUT2D eigenvalue weighted by molar-refractivity contribution is -0.137. The number of hydrogen-bond donors (Lipinski definition) is 1. The molecule has 3 aliphatic rings. The summed E-state index contributed by atoms with van der Waals surface area (Å²) in [6.07, 6.45) is 9.02. The number of ether oxygens (including phenoxy) is 1. The summed E-state index contributed by atoms with van der Waals surface area (Å²) in [6.45, 7) is 4.79. The molecule has 0 saturated carbocycles. The van der Waals surface area contributed by atoms with Gasteiger partial charge in [-0.05, 0) is 68.4 Å². The van der Waals surface area contributed by atoms with Crippen molar-refractivity contribution in [3.05, 3.63) is 65.7 Å². The molecule has 1 N–H and O–H groups in total. The molecule has 5 rings (SSSR count). The van der Waals surface area contributed by atoms with Gasteiger partial charge >= 0.3 is 0 Å². The van der Waals surface area contributed by atoms with Crippen molar-refractivity contribution in [3.63, 3.8) is 0 Å². The maximum Gasteiger partial charge on any atom is 0.253 e. The van der Waals surface area contributed by atoms with E-state index >= 15 is 0 Å². The minimum Gasteiger partial charge on any atom is -0.376 e. The fourth-order valence-corrected chi connectivity index (χ4v) is 6.42. The predicted molar refractivity (Wildman–Crippen MR) is 160 cm³/mol. The predicted octanol–water partition coefficient (Wildman–Crippen LogP) is 4.39. The molecule has 0 aliphatic carbocycles. The Morgan fingerprint density at radius 2 is 1.76 bits per heavy atom. The number of para-hydroxylation sites is 1. The Morgan fingerprint density at radius 3 is 2.44 bits per heavy atom. The van der Waals surface area contributed by atoms with Crippen molar-refractivity contribution in [2.75, 3.05) is 44.4 Å². The standard InChI is InChI=1S/C33H44N4O4/c1-2-3-4-6-10-26-14-16-27(17-15-26)31(39)35-20-18-33(19-21-35)32(40)36(25-37(33)28-11-7-5-8-12-28)24-30(38)34-23-29-13-9-22-41-29/h5,7-8,11-12,14-17,29H,2-4,6,9-10,13,18-25H2,1H3,(H,34,38). The summed E-state index contributed by atoms with van der Waals surface area (Å²) in [5, 5.41) is 2.95. The van der Waals surface area contributed by atoms with Gasteiger partial charge in [0.25, 0.3) is 11.8 Å². The monoisotopic (exact) mass is 560 g/mol. The maximum atomic E-state index is 13.9. The second kappa shape index (κ2) is 13.5. The van der Waals surface area contributed by atoms with Crippen LogP contribution in [0, 0.1) is 0 Å². The van der Waals surface area contributed by atoms with Gasteiger partial charge in [0.15, 0.2) is 0 Å². The van der Waals surface area contributed by atoms with Crippen LogP contribution in [0.25, 0.3) is 0 Å². The number of carbonyl (C=O) groups excluding carboxylic acids is 3. The minimum absolute atomic E-state index is 0.0134. The number of amides is 3. The number of aryl methyl sites for hydroxylation is 1. The van der Waals surface area contributed by atoms with E-state index in [2.05, 4.69) is 29.3 Å². The molecular weight excluding hydrogens is 516 g/mol. The Labute approximate surface area is 244 Å². The van der Waals surface area contributed by atoms with Gasteiger partial charge in [-0.3, -0.25) is 14.4 Å². The summed E-state index contributed by atoms with van der Waals surface area (Å²) in [5.41, 5.74) is 2.15. The summed E-state index contributed by atoms with van der Waals surface area (Å²) in [7, 11) is 0. The van der Waals surface area contributed by atoms with Crippen LogP contribution >= 0.6 is 0 Å². The van der Waals surface area contributed by atoms with Crippen LogP contribution in [-0.2, 0) is 20.7 Å². The number of nitrogens with one attached hydrogen (secondary N) is 1. The van der Waals surface area contributed by atoms with Crippen LogP contribution in [-0.4, -0.2) is 78.6 Å². The van der Waals surface area contributed by atoms with Crippen molar-refractivity contribution in [2.45, 2.75) is 76.4 Å². The summed E-state index contributed by atoms with van der Waals surface area (Å²) in [6, 6.07) is 17.9. The largest absolute Gasteiger partial charge is 0.376 e. The number of hydrogen-bond acceptors (Lipinski definition) is 5. The van der Waals surface area contributed by atoms with Crippen molar-refractivity contribution < 1.29 is 19.1 Å². The third kappa shape index (κ3) is 6.75. The molecule has 0 bridgehead atoms. The van der Waals surface area contributed by atoms with Crippen molar-refractivity contribution in [1.29, 1.82) is 0 Å². The Balaban J connectivity index is 1.22. The highest BCUT2D eigenvalue weighted by Crippen LogP contribution is 2.39. The molecule has 0 aromatic heterocycles. The molecule has 8 nitrogen and oxygen atoms in total. The van der Waals surface area contributed by atoms with Crippen LogP contribution in [0.4, 0.5) is 5.69 Å². The zero-order valence-electron chi connectivity index (χ0n) is 24.4. The van der Waals surface area contributed by atoms with Gasteiger partial charge < -0.3 is 24.8 Å². The molecule has 220 valence electrons. The lowest BCUT2D eigenvalue weighted by Crippen LogP contribution is -2.57. The lowest BCUT2D eigenvalue weighted by Gasteiger charge is -2.43. The minimum atomic E-state index is -0.769. The lowest BCUT2D eigenvalue weighted by atomic mass is 9.85. The average Bonchev–Trinajstić information content (AvgIpc) is 3.62. The van der Waals surface area contributed by atoms with Gasteiger partial charge in [-0.25, -0.2) is 0 Å². The van der Waals surface area contributed by atoms with Gasteiger partial charge in [0.2, 0.25) is 5.91 Å². The number of rotatable bonds is 11. The number of nitrogens with zero attached hydrogens (tertiary/aromatic N) is 3. The number of anilines is 1. The summed E-state index contributed by atoms with van der Waals surface area (Å²) in [5.74, 6) is -0.187. The third-order valence-electron chi connectivity index (χ3n) is 8.87. The average molecular weight is 561 g/mol. The van der Waals surface area contributed by atoms with Gasteiger partial charge in [-0.2, -0.15) is 0 Å². The van der Waals surface area contributed by atoms with Crippen LogP contribution in [0.15, 0.2) is 54.6 Å². The summed E-state index contributed by atoms with van der Waals surface area (Å²) >= 11 is 0. The third-order valence-corrected chi connectivity index (χ3v) is 8.87. The molecule has 3 aliphatic heterocycles. The van der Waals surface area contributed by atoms with E-state index in [1.165, 1.54) is 31.2 Å². The van der Waals surface area contributed by atoms with Crippen LogP contribution < -0.4 is 10.2 Å². The fraction of sp³-hybridized carbons (Fsp3) is 0.545. The molecule has 3 saturated heterocycles. The maximum absolute atomic E-state index is 13.9. The second-order valence-corrected chi connectivity index (χ2v) is 11.7. The van der Waals surface area contributed by atoms with E-state index in [4.69, 9.17) is 4.74 Å². The van der Waals surface area contributed by atoms with Crippen LogP contribution in [0.5, 0.6) is 0 Å². The van der Waals surface area contributed by atoms with Crippen LogP contribution in [0.2, 0.25) is 0 Å². The van der Waals surface area contributed by atoms with E-state index < -0.39 is 5.54 Å². The number of benzene rings is 2. The molecule has 2 aromatic carbocycles. The molecule has 1 atom stereocenters. The van der Waals surface area contributed by atoms with E-state index in [-0.39, 0.29) is 30.4 Å². The Bertz CT molecular complexity index is 1170. The zero-order chi connectivity index (χ0) is 28.7. The van der Waals surface area contributed by atoms with Crippen LogP contribution in [0.3, 0.4) is 0 Å². The van der Waals surface area contributed by atoms with Crippen molar-refractivity contribution in [1.82, 2.24) is 15.1 Å². The number of carbonyl (C=O) groups is 3. The Morgan fingerprint density at radius 1 is 1.00 bits per heavy atom. The van der Waals surface area contributed by atoms with Gasteiger partial charge in [-0.15, -0.1) is 0 Å². The molecule has 41 heavy (non-hydrogen) atoms. The first kappa shape index (κ1) is 29.1. The van der Waals surface area contributed by atoms with Crippen LogP contribution in [0.1, 0.15) is 74.2 Å². The molecule has 3 heterocycles. The first-order valence-electron chi connectivity index (χ1n) is 15.4. The first-order valence-corrected chi connectivity index (χ1v) is 15.4. The Hall–Kier alpha value is -3.39. The van der Waals surface area contributed by atoms with E-state index in [1.54, 1.807) is 4.90 Å². The van der Waals surface area contributed by atoms with E-state index in [9.17, 15) is 14.4 Å². The van der Waals surface area contributed by atoms with Gasteiger partial charge in [0, 0.05) is 37.5 Å². The summed E-state index contributed by atoms with van der Waals surface area (Å²) < 4.78 is 5.61. The molecule has 8 heteroatoms. The van der Waals surface area contributed by atoms with Gasteiger partial charge in [0.05, 0.1) is 12.8 Å². The van der Waals surface area contributed by atoms with E-state index in [0.29, 0.717) is 44.7 Å². The highest BCUT2D eigenvalue weighted by molar-refractivity contribution is 5.97. The molecule has 1 spiro atoms. The molecule has 1 unspecified atom stereocenters. The topological polar surface area (TPSA) is 82.2 Å². The Kier molecular flexibility index (Phi) is 9.60. The van der Waals surface area contributed by atoms with Gasteiger partial charge in [0.1, 0.15) is 12.1 Å². The number of piperidine rings is 1. The van der Waals surface area contributed by atoms with Crippen molar-refractivity contribution >= 4 is 23.4 Å². The van der Waals surface area contributed by atoms with Gasteiger partial charge in [-0.1, -0.05) is 56.5 Å². The number of unbranched alkanes of at least 4 members (excludes halogenated alkanes) is 3. The normalized spacial score (nSPS) is 20.2. The van der Waals surface area contributed by atoms with E-state index in [0.717, 1.165) is 31.6 Å². The smallest absolute Gasteiger partial charge is 0.253 e. The van der Waals surface area contributed by atoms with Crippen molar-refractivity contribution in [3.8, 4) is 0 Å². The highest BCUT2D eigenvalue weighted by Gasteiger charge is 2.54. The quantitative estimate of drug-likeness (QED) is 0.413. The molecular formula is C33H44N4O4. The fourth-order valence-electron chi connectivity index (χ4n) is 6.42. The second-order valence-electron chi connectivity index (χ2n) is 11.7. The van der Waals surface area contributed by atoms with E-state index in [1.807, 2.05) is 47.4 Å². The van der Waals surface area contributed by atoms with Crippen molar-refractivity contribution in [2.24, 2.45) is 0 Å². The zero-order valence-corrected chi connectivity index (χ0v) is 24.4. The number of likely N-dealkylation sites (tertiary alicyclic amines) is 1. The molecule has 3 amide bonds. The molecule has 2 aromatic rings. The summed E-state index contributed by atoms with van der Waals surface area (Å²) in [4.78, 5) is 45.8. The highest BCUT2D eigenvalue weighted by atomic mass is 16.5. The molecule has 3 fully saturated rings. The molecule has 0 radical (unpaired) electrons.